The first-order valence-electron chi connectivity index (χ1n) is 9.91. The Balaban J connectivity index is 1.70. The maximum absolute atomic E-state index is 12.9. The van der Waals surface area contributed by atoms with Crippen molar-refractivity contribution in [3.63, 3.8) is 0 Å². The highest BCUT2D eigenvalue weighted by Crippen LogP contribution is 2.26. The van der Waals surface area contributed by atoms with Crippen LogP contribution in [0.2, 0.25) is 0 Å². The molecular weight excluding hydrogens is 414 g/mol. The molecule has 0 fully saturated rings. The first-order valence-corrected chi connectivity index (χ1v) is 10.8. The van der Waals surface area contributed by atoms with Crippen LogP contribution in [0.5, 0.6) is 0 Å². The summed E-state index contributed by atoms with van der Waals surface area (Å²) in [7, 11) is 0. The number of hydrogen-bond donors (Lipinski definition) is 1. The molecule has 0 saturated carbocycles. The number of rotatable bonds is 7. The number of nitrogens with one attached hydrogen (secondary N) is 1. The third-order valence-corrected chi connectivity index (χ3v) is 5.89. The van der Waals surface area contributed by atoms with Crippen molar-refractivity contribution in [3.8, 4) is 0 Å². The first kappa shape index (κ1) is 20.9. The van der Waals surface area contributed by atoms with Crippen LogP contribution >= 0.6 is 11.8 Å². The van der Waals surface area contributed by atoms with Crippen LogP contribution in [0.15, 0.2) is 59.1 Å². The van der Waals surface area contributed by atoms with E-state index < -0.39 is 5.25 Å². The molecule has 1 unspecified atom stereocenters. The van der Waals surface area contributed by atoms with Crippen molar-refractivity contribution in [1.29, 1.82) is 0 Å². The highest BCUT2D eigenvalue weighted by Gasteiger charge is 2.22. The van der Waals surface area contributed by atoms with Crippen LogP contribution in [0.25, 0.3) is 16.7 Å². The number of amides is 1. The van der Waals surface area contributed by atoms with Crippen LogP contribution in [-0.2, 0) is 11.3 Å². The van der Waals surface area contributed by atoms with Crippen LogP contribution in [0.3, 0.4) is 0 Å². The summed E-state index contributed by atoms with van der Waals surface area (Å²) in [6, 6.07) is 9.19. The fourth-order valence-corrected chi connectivity index (χ4v) is 4.22. The zero-order valence-corrected chi connectivity index (χ0v) is 18.3. The normalized spacial score (nSPS) is 12.5. The van der Waals surface area contributed by atoms with Gasteiger partial charge in [-0.1, -0.05) is 30.0 Å². The summed E-state index contributed by atoms with van der Waals surface area (Å²) in [4.78, 5) is 25.7. The number of benzene rings is 1. The van der Waals surface area contributed by atoms with Crippen LogP contribution < -0.4 is 10.9 Å². The molecule has 4 aromatic rings. The quantitative estimate of drug-likeness (QED) is 0.352. The zero-order chi connectivity index (χ0) is 22.1. The minimum Gasteiger partial charge on any atom is -0.310 e. The molecule has 0 aliphatic carbocycles. The van der Waals surface area contributed by atoms with E-state index >= 15 is 0 Å². The fraction of sp³-hybridized carbons (Fsp3) is 0.286. The summed E-state index contributed by atoms with van der Waals surface area (Å²) in [5.74, 6) is 0.883. The minimum absolute atomic E-state index is 0.127. The largest absolute Gasteiger partial charge is 0.310 e. The number of aromatic nitrogens is 6. The fourth-order valence-electron chi connectivity index (χ4n) is 3.37. The number of allylic oxidation sites excluding steroid dienone is 1. The predicted octanol–water partition coefficient (Wildman–Crippen LogP) is 3.13. The number of anilines is 1. The second-order valence-corrected chi connectivity index (χ2v) is 8.65. The number of thioether (sulfide) groups is 1. The topological polar surface area (TPSA) is 99.1 Å². The smallest absolute Gasteiger partial charge is 0.263 e. The summed E-state index contributed by atoms with van der Waals surface area (Å²) in [5, 5.41) is 16.3. The number of carbonyl (C=O) groups excluding carboxylic acids is 1. The third-order valence-electron chi connectivity index (χ3n) is 4.85. The van der Waals surface area contributed by atoms with Gasteiger partial charge in [-0.15, -0.1) is 16.8 Å². The van der Waals surface area contributed by atoms with E-state index in [-0.39, 0.29) is 17.5 Å². The third kappa shape index (κ3) is 3.74. The average molecular weight is 438 g/mol. The molecule has 0 aliphatic heterocycles. The van der Waals surface area contributed by atoms with E-state index in [0.29, 0.717) is 34.2 Å². The molecular formula is C21H23N7O2S. The van der Waals surface area contributed by atoms with Gasteiger partial charge in [0.25, 0.3) is 5.56 Å². The Hall–Kier alpha value is -3.40. The van der Waals surface area contributed by atoms with Gasteiger partial charge in [0.05, 0.1) is 22.3 Å². The Bertz CT molecular complexity index is 1330. The van der Waals surface area contributed by atoms with Crippen LogP contribution in [0.1, 0.15) is 26.8 Å². The van der Waals surface area contributed by atoms with Crippen molar-refractivity contribution >= 4 is 40.2 Å². The van der Waals surface area contributed by atoms with Gasteiger partial charge in [-0.25, -0.2) is 4.68 Å². The molecule has 10 heteroatoms. The molecule has 3 aromatic heterocycles. The number of fused-ring (bicyclic) bond motifs is 3. The van der Waals surface area contributed by atoms with Gasteiger partial charge in [0.1, 0.15) is 5.82 Å². The summed E-state index contributed by atoms with van der Waals surface area (Å²) >= 11 is 1.28. The average Bonchev–Trinajstić information content (AvgIpc) is 3.38. The first-order chi connectivity index (χ1) is 14.9. The van der Waals surface area contributed by atoms with Gasteiger partial charge in [-0.3, -0.25) is 18.6 Å². The maximum atomic E-state index is 12.9. The second kappa shape index (κ2) is 8.38. The summed E-state index contributed by atoms with van der Waals surface area (Å²) in [5.41, 5.74) is 0.542. The summed E-state index contributed by atoms with van der Waals surface area (Å²) in [6.07, 6.45) is 3.30. The van der Waals surface area contributed by atoms with Gasteiger partial charge in [-0.2, -0.15) is 5.10 Å². The molecule has 0 spiro atoms. The lowest BCUT2D eigenvalue weighted by Crippen LogP contribution is -2.25. The van der Waals surface area contributed by atoms with E-state index in [2.05, 4.69) is 27.2 Å². The van der Waals surface area contributed by atoms with Gasteiger partial charge in [0, 0.05) is 18.7 Å². The Kier molecular flexibility index (Phi) is 5.64. The molecule has 3 heterocycles. The van der Waals surface area contributed by atoms with Crippen molar-refractivity contribution in [2.75, 3.05) is 5.32 Å². The lowest BCUT2D eigenvalue weighted by Gasteiger charge is -2.15. The van der Waals surface area contributed by atoms with Crippen LogP contribution in [0, 0.1) is 0 Å². The van der Waals surface area contributed by atoms with E-state index in [9.17, 15) is 9.59 Å². The monoisotopic (exact) mass is 437 g/mol. The molecule has 0 saturated heterocycles. The highest BCUT2D eigenvalue weighted by molar-refractivity contribution is 8.00. The lowest BCUT2D eigenvalue weighted by atomic mass is 10.2. The number of para-hydroxylation sites is 1. The lowest BCUT2D eigenvalue weighted by molar-refractivity contribution is -0.115. The Morgan fingerprint density at radius 2 is 2.00 bits per heavy atom. The second-order valence-electron chi connectivity index (χ2n) is 7.34. The Morgan fingerprint density at radius 3 is 2.74 bits per heavy atom. The van der Waals surface area contributed by atoms with E-state index in [4.69, 9.17) is 0 Å². The molecule has 4 rings (SSSR count). The molecule has 9 nitrogen and oxygen atoms in total. The minimum atomic E-state index is -0.457. The SMILES string of the molecule is C=CCn1c(=O)c2ccccc2n2c(SC(C)C(=O)Nc3ccnn3C(C)C)nnc12. The molecule has 160 valence electrons. The van der Waals surface area contributed by atoms with Gasteiger partial charge >= 0.3 is 0 Å². The molecule has 1 N–H and O–H groups in total. The predicted molar refractivity (Wildman–Crippen MR) is 122 cm³/mol. The van der Waals surface area contributed by atoms with Crippen LogP contribution in [0.4, 0.5) is 5.82 Å². The van der Waals surface area contributed by atoms with E-state index in [0.717, 1.165) is 0 Å². The zero-order valence-electron chi connectivity index (χ0n) is 17.5. The van der Waals surface area contributed by atoms with E-state index in [1.165, 1.54) is 16.3 Å². The van der Waals surface area contributed by atoms with Crippen molar-refractivity contribution in [2.24, 2.45) is 0 Å². The van der Waals surface area contributed by atoms with Crippen molar-refractivity contribution < 1.29 is 4.79 Å². The Morgan fingerprint density at radius 1 is 1.23 bits per heavy atom. The summed E-state index contributed by atoms with van der Waals surface area (Å²) < 4.78 is 5.09. The van der Waals surface area contributed by atoms with E-state index in [1.807, 2.05) is 36.4 Å². The maximum Gasteiger partial charge on any atom is 0.263 e. The number of hydrogen-bond acceptors (Lipinski definition) is 6. The standard InChI is InChI=1S/C21H23N7O2S/c1-5-12-26-19(30)15-8-6-7-9-16(15)27-20(26)24-25-21(27)31-14(4)18(29)23-17-10-11-22-28(17)13(2)3/h5-11,13-14H,1,12H2,2-4H3,(H,23,29). The van der Waals surface area contributed by atoms with Gasteiger partial charge < -0.3 is 5.32 Å². The Labute approximate surface area is 182 Å². The van der Waals surface area contributed by atoms with Crippen molar-refractivity contribution in [2.45, 2.75) is 43.8 Å². The summed E-state index contributed by atoms with van der Waals surface area (Å²) in [6.45, 7) is 9.84. The molecule has 0 aliphatic rings. The number of nitrogens with zero attached hydrogens (tertiary/aromatic N) is 6. The van der Waals surface area contributed by atoms with Crippen LogP contribution in [-0.4, -0.2) is 40.1 Å². The van der Waals surface area contributed by atoms with Crippen molar-refractivity contribution in [3.05, 3.63) is 59.5 Å². The number of carbonyl (C=O) groups is 1. The molecule has 31 heavy (non-hydrogen) atoms. The van der Waals surface area contributed by atoms with Crippen molar-refractivity contribution in [1.82, 2.24) is 28.9 Å². The molecule has 0 bridgehead atoms. The highest BCUT2D eigenvalue weighted by atomic mass is 32.2. The van der Waals surface area contributed by atoms with E-state index in [1.54, 1.807) is 36.0 Å². The molecule has 1 aromatic carbocycles. The van der Waals surface area contributed by atoms with Gasteiger partial charge in [0.2, 0.25) is 11.7 Å². The molecule has 1 atom stereocenters. The van der Waals surface area contributed by atoms with Gasteiger partial charge in [0.15, 0.2) is 5.16 Å². The molecule has 0 radical (unpaired) electrons. The van der Waals surface area contributed by atoms with Gasteiger partial charge in [-0.05, 0) is 32.9 Å². The molecule has 1 amide bonds.